The zero-order chi connectivity index (χ0) is 12.8. The molecule has 1 N–H and O–H groups in total. The van der Waals surface area contributed by atoms with E-state index in [0.29, 0.717) is 30.4 Å². The van der Waals surface area contributed by atoms with Crippen LogP contribution < -0.4 is 10.1 Å². The van der Waals surface area contributed by atoms with Crippen molar-refractivity contribution >= 4 is 5.91 Å². The number of ether oxygens (including phenoxy) is 1. The first-order chi connectivity index (χ1) is 8.81. The van der Waals surface area contributed by atoms with Crippen molar-refractivity contribution in [2.75, 3.05) is 13.2 Å². The summed E-state index contributed by atoms with van der Waals surface area (Å²) in [5.41, 5.74) is 0.612. The molecule has 0 saturated heterocycles. The topological polar surface area (TPSA) is 38.3 Å². The number of benzene rings is 1. The quantitative estimate of drug-likeness (QED) is 0.810. The fraction of sp³-hybridized carbons (Fsp3) is 0.400. The highest BCUT2D eigenvalue weighted by atomic mass is 16.5. The Labute approximate surface area is 108 Å². The van der Waals surface area contributed by atoms with Crippen molar-refractivity contribution in [2.45, 2.75) is 19.8 Å². The maximum Gasteiger partial charge on any atom is 0.255 e. The summed E-state index contributed by atoms with van der Waals surface area (Å²) in [5, 5.41) is 2.80. The van der Waals surface area contributed by atoms with Crippen molar-refractivity contribution in [3.63, 3.8) is 0 Å². The standard InChI is InChI=1S/C15H19NO2/c1-2-16-15(17)13-9-5-6-10-14(13)18-11-12-7-3-4-8-12/h3,5-7,9-10,12H,2,4,8,11H2,1H3,(H,16,17). The zero-order valence-electron chi connectivity index (χ0n) is 10.7. The van der Waals surface area contributed by atoms with E-state index in [1.807, 2.05) is 25.1 Å². The van der Waals surface area contributed by atoms with E-state index in [1.54, 1.807) is 6.07 Å². The Balaban J connectivity index is 2.02. The molecule has 0 radical (unpaired) electrons. The van der Waals surface area contributed by atoms with Crippen LogP contribution in [0.4, 0.5) is 0 Å². The first-order valence-electron chi connectivity index (χ1n) is 6.48. The highest BCUT2D eigenvalue weighted by Crippen LogP contribution is 2.22. The zero-order valence-corrected chi connectivity index (χ0v) is 10.7. The van der Waals surface area contributed by atoms with E-state index in [9.17, 15) is 4.79 Å². The maximum atomic E-state index is 11.9. The number of rotatable bonds is 5. The Hall–Kier alpha value is -1.77. The minimum Gasteiger partial charge on any atom is -0.492 e. The smallest absolute Gasteiger partial charge is 0.255 e. The van der Waals surface area contributed by atoms with Gasteiger partial charge in [0, 0.05) is 12.5 Å². The van der Waals surface area contributed by atoms with E-state index in [-0.39, 0.29) is 5.91 Å². The molecule has 0 fully saturated rings. The van der Waals surface area contributed by atoms with Crippen molar-refractivity contribution in [3.05, 3.63) is 42.0 Å². The average molecular weight is 245 g/mol. The molecule has 0 bridgehead atoms. The van der Waals surface area contributed by atoms with Crippen molar-refractivity contribution in [1.82, 2.24) is 5.32 Å². The lowest BCUT2D eigenvalue weighted by molar-refractivity contribution is 0.0951. The normalized spacial score (nSPS) is 17.7. The van der Waals surface area contributed by atoms with Gasteiger partial charge in [-0.25, -0.2) is 0 Å². The lowest BCUT2D eigenvalue weighted by Crippen LogP contribution is -2.23. The summed E-state index contributed by atoms with van der Waals surface area (Å²) in [5.74, 6) is 1.08. The number of carbonyl (C=O) groups is 1. The Morgan fingerprint density at radius 2 is 2.28 bits per heavy atom. The van der Waals surface area contributed by atoms with Crippen LogP contribution in [0.1, 0.15) is 30.1 Å². The van der Waals surface area contributed by atoms with Crippen molar-refractivity contribution in [2.24, 2.45) is 5.92 Å². The lowest BCUT2D eigenvalue weighted by Gasteiger charge is -2.13. The molecule has 1 amide bonds. The fourth-order valence-electron chi connectivity index (χ4n) is 2.07. The molecule has 2 rings (SSSR count). The molecule has 1 aromatic carbocycles. The van der Waals surface area contributed by atoms with E-state index in [0.717, 1.165) is 12.8 Å². The van der Waals surface area contributed by atoms with Gasteiger partial charge in [0.15, 0.2) is 0 Å². The van der Waals surface area contributed by atoms with Crippen LogP contribution >= 0.6 is 0 Å². The fourth-order valence-corrected chi connectivity index (χ4v) is 2.07. The minimum absolute atomic E-state index is 0.0740. The third-order valence-electron chi connectivity index (χ3n) is 3.03. The molecule has 18 heavy (non-hydrogen) atoms. The summed E-state index contributed by atoms with van der Waals surface area (Å²) in [7, 11) is 0. The van der Waals surface area contributed by atoms with Gasteiger partial charge in [0.2, 0.25) is 0 Å². The van der Waals surface area contributed by atoms with Crippen LogP contribution in [-0.4, -0.2) is 19.1 Å². The van der Waals surface area contributed by atoms with Crippen molar-refractivity contribution in [1.29, 1.82) is 0 Å². The summed E-state index contributed by atoms with van der Waals surface area (Å²) in [6.45, 7) is 3.18. The van der Waals surface area contributed by atoms with Gasteiger partial charge in [0.1, 0.15) is 5.75 Å². The first kappa shape index (κ1) is 12.7. The largest absolute Gasteiger partial charge is 0.492 e. The van der Waals surface area contributed by atoms with Crippen molar-refractivity contribution in [3.8, 4) is 5.75 Å². The molecule has 3 nitrogen and oxygen atoms in total. The lowest BCUT2D eigenvalue weighted by atomic mass is 10.1. The molecule has 0 aromatic heterocycles. The SMILES string of the molecule is CCNC(=O)c1ccccc1OCC1C=CCC1. The predicted octanol–water partition coefficient (Wildman–Crippen LogP) is 2.78. The highest BCUT2D eigenvalue weighted by Gasteiger charge is 2.14. The molecule has 1 aromatic rings. The van der Waals surface area contributed by atoms with Crippen LogP contribution in [0.15, 0.2) is 36.4 Å². The summed E-state index contributed by atoms with van der Waals surface area (Å²) >= 11 is 0. The summed E-state index contributed by atoms with van der Waals surface area (Å²) in [6.07, 6.45) is 6.65. The van der Waals surface area contributed by atoms with E-state index in [1.165, 1.54) is 0 Å². The van der Waals surface area contributed by atoms with Gasteiger partial charge in [-0.2, -0.15) is 0 Å². The molecule has 3 heteroatoms. The highest BCUT2D eigenvalue weighted by molar-refractivity contribution is 5.96. The second-order valence-corrected chi connectivity index (χ2v) is 4.43. The number of para-hydroxylation sites is 1. The van der Waals surface area contributed by atoms with Crippen LogP contribution in [0.2, 0.25) is 0 Å². The molecule has 0 saturated carbocycles. The number of allylic oxidation sites excluding steroid dienone is 1. The number of amides is 1. The number of hydrogen-bond acceptors (Lipinski definition) is 2. The van der Waals surface area contributed by atoms with Gasteiger partial charge in [-0.1, -0.05) is 24.3 Å². The first-order valence-corrected chi connectivity index (χ1v) is 6.48. The average Bonchev–Trinajstić information content (AvgIpc) is 2.90. The van der Waals surface area contributed by atoms with Gasteiger partial charge in [-0.05, 0) is 31.9 Å². The maximum absolute atomic E-state index is 11.9. The van der Waals surface area contributed by atoms with E-state index in [2.05, 4.69) is 17.5 Å². The molecule has 1 atom stereocenters. The van der Waals surface area contributed by atoms with Crippen LogP contribution in [-0.2, 0) is 0 Å². The Bertz CT molecular complexity index is 440. The van der Waals surface area contributed by atoms with Gasteiger partial charge in [0.05, 0.1) is 12.2 Å². The summed E-state index contributed by atoms with van der Waals surface area (Å²) < 4.78 is 5.78. The molecule has 1 unspecified atom stereocenters. The van der Waals surface area contributed by atoms with Gasteiger partial charge in [-0.3, -0.25) is 4.79 Å². The molecular formula is C15H19NO2. The summed E-state index contributed by atoms with van der Waals surface area (Å²) in [4.78, 5) is 11.9. The van der Waals surface area contributed by atoms with Gasteiger partial charge >= 0.3 is 0 Å². The van der Waals surface area contributed by atoms with Crippen LogP contribution in [0.25, 0.3) is 0 Å². The second-order valence-electron chi connectivity index (χ2n) is 4.43. The number of carbonyl (C=O) groups excluding carboxylic acids is 1. The minimum atomic E-state index is -0.0740. The molecule has 0 heterocycles. The van der Waals surface area contributed by atoms with E-state index < -0.39 is 0 Å². The van der Waals surface area contributed by atoms with Crippen LogP contribution in [0.3, 0.4) is 0 Å². The van der Waals surface area contributed by atoms with Crippen LogP contribution in [0, 0.1) is 5.92 Å². The van der Waals surface area contributed by atoms with Crippen LogP contribution in [0.5, 0.6) is 5.75 Å². The molecule has 0 aliphatic heterocycles. The Morgan fingerprint density at radius 3 is 3.00 bits per heavy atom. The predicted molar refractivity (Wildman–Crippen MR) is 71.8 cm³/mol. The van der Waals surface area contributed by atoms with E-state index in [4.69, 9.17) is 4.74 Å². The van der Waals surface area contributed by atoms with Crippen molar-refractivity contribution < 1.29 is 9.53 Å². The van der Waals surface area contributed by atoms with E-state index >= 15 is 0 Å². The van der Waals surface area contributed by atoms with Gasteiger partial charge < -0.3 is 10.1 Å². The summed E-state index contributed by atoms with van der Waals surface area (Å²) in [6, 6.07) is 7.39. The molecule has 96 valence electrons. The molecule has 1 aliphatic rings. The number of hydrogen-bond donors (Lipinski definition) is 1. The van der Waals surface area contributed by atoms with Gasteiger partial charge in [0.25, 0.3) is 5.91 Å². The third-order valence-corrected chi connectivity index (χ3v) is 3.03. The Kier molecular flexibility index (Phi) is 4.40. The second kappa shape index (κ2) is 6.24. The Morgan fingerprint density at radius 1 is 1.44 bits per heavy atom. The van der Waals surface area contributed by atoms with Gasteiger partial charge in [-0.15, -0.1) is 0 Å². The molecule has 0 spiro atoms. The monoisotopic (exact) mass is 245 g/mol. The molecular weight excluding hydrogens is 226 g/mol. The number of nitrogens with one attached hydrogen (secondary N) is 1. The molecule has 1 aliphatic carbocycles. The third kappa shape index (κ3) is 3.13.